The van der Waals surface area contributed by atoms with Gasteiger partial charge in [-0.3, -0.25) is 4.79 Å². The smallest absolute Gasteiger partial charge is 0.394 e. The van der Waals surface area contributed by atoms with Crippen LogP contribution < -0.4 is 10.9 Å². The number of aliphatic hydroxyl groups is 1. The van der Waals surface area contributed by atoms with Gasteiger partial charge in [0.05, 0.1) is 18.5 Å². The summed E-state index contributed by atoms with van der Waals surface area (Å²) in [7, 11) is 0. The van der Waals surface area contributed by atoms with Crippen molar-refractivity contribution in [1.29, 1.82) is 0 Å². The van der Waals surface area contributed by atoms with Crippen molar-refractivity contribution < 1.29 is 18.3 Å². The van der Waals surface area contributed by atoms with E-state index in [9.17, 15) is 23.1 Å². The average Bonchev–Trinajstić information content (AvgIpc) is 2.35. The monoisotopic (exact) mass is 371 g/mol. The quantitative estimate of drug-likeness (QED) is 0.805. The molecule has 0 radical (unpaired) electrons. The van der Waals surface area contributed by atoms with E-state index in [1.807, 2.05) is 13.8 Å². The summed E-state index contributed by atoms with van der Waals surface area (Å²) in [5.74, 6) is 0.312. The van der Waals surface area contributed by atoms with E-state index in [0.717, 1.165) is 6.20 Å². The molecule has 0 saturated heterocycles. The van der Waals surface area contributed by atoms with Crippen molar-refractivity contribution in [2.75, 3.05) is 11.9 Å². The lowest BCUT2D eigenvalue weighted by atomic mass is 10.0. The first-order valence-corrected chi connectivity index (χ1v) is 7.13. The first kappa shape index (κ1) is 18.0. The van der Waals surface area contributed by atoms with Crippen LogP contribution in [-0.4, -0.2) is 33.7 Å². The van der Waals surface area contributed by atoms with E-state index in [-0.39, 0.29) is 22.8 Å². The molecule has 9 heteroatoms. The standard InChI is InChI=1S/C12H17BrF3N3O2/c1-7(2)3-8(5-20)18-9-4-17-19(6-12(14,15)16)11(21)10(9)13/h4,7-8,18,20H,3,5-6H2,1-2H3. The van der Waals surface area contributed by atoms with Crippen LogP contribution >= 0.6 is 15.9 Å². The molecule has 2 N–H and O–H groups in total. The van der Waals surface area contributed by atoms with Gasteiger partial charge in [-0.25, -0.2) is 4.68 Å². The van der Waals surface area contributed by atoms with E-state index in [1.54, 1.807) is 0 Å². The van der Waals surface area contributed by atoms with Gasteiger partial charge in [-0.2, -0.15) is 18.3 Å². The second-order valence-corrected chi connectivity index (χ2v) is 5.90. The maximum atomic E-state index is 12.3. The van der Waals surface area contributed by atoms with Crippen LogP contribution in [0.4, 0.5) is 18.9 Å². The van der Waals surface area contributed by atoms with Crippen molar-refractivity contribution in [2.45, 2.75) is 39.0 Å². The molecular weight excluding hydrogens is 355 g/mol. The van der Waals surface area contributed by atoms with Crippen molar-refractivity contribution in [3.05, 3.63) is 21.0 Å². The maximum absolute atomic E-state index is 12.3. The van der Waals surface area contributed by atoms with Crippen molar-refractivity contribution in [3.8, 4) is 0 Å². The Labute approximate surface area is 128 Å². The molecule has 1 unspecified atom stereocenters. The fraction of sp³-hybridized carbons (Fsp3) is 0.667. The van der Waals surface area contributed by atoms with E-state index in [2.05, 4.69) is 26.3 Å². The summed E-state index contributed by atoms with van der Waals surface area (Å²) in [6.45, 7) is 2.34. The van der Waals surface area contributed by atoms with Gasteiger partial charge in [-0.1, -0.05) is 13.8 Å². The van der Waals surface area contributed by atoms with Crippen LogP contribution in [0.1, 0.15) is 20.3 Å². The predicted molar refractivity (Wildman–Crippen MR) is 76.2 cm³/mol. The lowest BCUT2D eigenvalue weighted by Gasteiger charge is -2.20. The molecule has 0 aliphatic rings. The molecule has 21 heavy (non-hydrogen) atoms. The Bertz CT molecular complexity index is 531. The zero-order valence-electron chi connectivity index (χ0n) is 11.6. The van der Waals surface area contributed by atoms with Gasteiger partial charge >= 0.3 is 6.18 Å². The van der Waals surface area contributed by atoms with E-state index in [1.165, 1.54) is 0 Å². The predicted octanol–water partition coefficient (Wildman–Crippen LogP) is 2.39. The second-order valence-electron chi connectivity index (χ2n) is 5.10. The summed E-state index contributed by atoms with van der Waals surface area (Å²) in [5, 5.41) is 15.7. The van der Waals surface area contributed by atoms with Gasteiger partial charge in [0.2, 0.25) is 0 Å². The molecule has 0 fully saturated rings. The average molecular weight is 372 g/mol. The summed E-state index contributed by atoms with van der Waals surface area (Å²) in [5.41, 5.74) is -0.614. The number of halogens is 4. The van der Waals surface area contributed by atoms with Crippen LogP contribution in [0.5, 0.6) is 0 Å². The van der Waals surface area contributed by atoms with Gasteiger partial charge < -0.3 is 10.4 Å². The highest BCUT2D eigenvalue weighted by atomic mass is 79.9. The fourth-order valence-electron chi connectivity index (χ4n) is 1.82. The lowest BCUT2D eigenvalue weighted by molar-refractivity contribution is -0.143. The zero-order valence-corrected chi connectivity index (χ0v) is 13.2. The maximum Gasteiger partial charge on any atom is 0.408 e. The Morgan fingerprint density at radius 3 is 2.57 bits per heavy atom. The number of nitrogens with zero attached hydrogens (tertiary/aromatic N) is 2. The third-order valence-corrected chi connectivity index (χ3v) is 3.42. The van der Waals surface area contributed by atoms with Gasteiger partial charge in [0.15, 0.2) is 0 Å². The first-order chi connectivity index (χ1) is 9.64. The van der Waals surface area contributed by atoms with E-state index in [0.29, 0.717) is 17.0 Å². The Morgan fingerprint density at radius 2 is 2.10 bits per heavy atom. The zero-order chi connectivity index (χ0) is 16.2. The van der Waals surface area contributed by atoms with Crippen molar-refractivity contribution in [3.63, 3.8) is 0 Å². The molecule has 0 bridgehead atoms. The number of rotatable bonds is 6. The number of hydrogen-bond donors (Lipinski definition) is 2. The third kappa shape index (κ3) is 5.66. The van der Waals surface area contributed by atoms with Crippen molar-refractivity contribution in [1.82, 2.24) is 9.78 Å². The number of anilines is 1. The summed E-state index contributed by atoms with van der Waals surface area (Å²) < 4.78 is 37.2. The largest absolute Gasteiger partial charge is 0.408 e. The fourth-order valence-corrected chi connectivity index (χ4v) is 2.24. The summed E-state index contributed by atoms with van der Waals surface area (Å²) in [4.78, 5) is 11.8. The SMILES string of the molecule is CC(C)CC(CO)Nc1cnn(CC(F)(F)F)c(=O)c1Br. The normalized spacial score (nSPS) is 13.5. The summed E-state index contributed by atoms with van der Waals surface area (Å²) in [6, 6.07) is -0.305. The summed E-state index contributed by atoms with van der Waals surface area (Å²) >= 11 is 2.98. The van der Waals surface area contributed by atoms with Gasteiger partial charge in [-0.05, 0) is 28.3 Å². The Morgan fingerprint density at radius 1 is 1.48 bits per heavy atom. The van der Waals surface area contributed by atoms with Crippen molar-refractivity contribution in [2.24, 2.45) is 5.92 Å². The minimum atomic E-state index is -4.52. The van der Waals surface area contributed by atoms with Gasteiger partial charge in [0, 0.05) is 6.04 Å². The molecule has 1 rings (SSSR count). The Hall–Kier alpha value is -1.09. The second kappa shape index (κ2) is 7.26. The third-order valence-electron chi connectivity index (χ3n) is 2.65. The molecule has 0 aliphatic heterocycles. The molecule has 120 valence electrons. The minimum Gasteiger partial charge on any atom is -0.394 e. The van der Waals surface area contributed by atoms with Gasteiger partial charge in [0.1, 0.15) is 11.0 Å². The van der Waals surface area contributed by atoms with Gasteiger partial charge in [0.25, 0.3) is 5.56 Å². The molecule has 1 atom stereocenters. The first-order valence-electron chi connectivity index (χ1n) is 6.33. The topological polar surface area (TPSA) is 67.2 Å². The number of nitrogens with one attached hydrogen (secondary N) is 1. The van der Waals surface area contributed by atoms with E-state index >= 15 is 0 Å². The number of aromatic nitrogens is 2. The van der Waals surface area contributed by atoms with Gasteiger partial charge in [-0.15, -0.1) is 0 Å². The molecule has 0 amide bonds. The van der Waals surface area contributed by atoms with E-state index in [4.69, 9.17) is 0 Å². The number of aliphatic hydroxyl groups excluding tert-OH is 1. The Kier molecular flexibility index (Phi) is 6.21. The molecule has 1 aromatic rings. The molecule has 1 aromatic heterocycles. The highest BCUT2D eigenvalue weighted by Gasteiger charge is 2.29. The molecule has 0 aliphatic carbocycles. The lowest BCUT2D eigenvalue weighted by Crippen LogP contribution is -2.32. The molecular formula is C12H17BrF3N3O2. The summed E-state index contributed by atoms with van der Waals surface area (Å²) in [6.07, 6.45) is -2.73. The van der Waals surface area contributed by atoms with Crippen LogP contribution in [-0.2, 0) is 6.54 Å². The van der Waals surface area contributed by atoms with Crippen molar-refractivity contribution >= 4 is 21.6 Å². The number of hydrogen-bond acceptors (Lipinski definition) is 4. The van der Waals surface area contributed by atoms with Crippen LogP contribution in [0.15, 0.2) is 15.5 Å². The molecule has 1 heterocycles. The highest BCUT2D eigenvalue weighted by Crippen LogP contribution is 2.21. The van der Waals surface area contributed by atoms with E-state index < -0.39 is 18.3 Å². The molecule has 0 aromatic carbocycles. The molecule has 0 saturated carbocycles. The van der Waals surface area contributed by atoms with Crippen LogP contribution in [0.25, 0.3) is 0 Å². The minimum absolute atomic E-state index is 0.0380. The number of alkyl halides is 3. The molecule has 0 spiro atoms. The van der Waals surface area contributed by atoms with Crippen LogP contribution in [0.2, 0.25) is 0 Å². The highest BCUT2D eigenvalue weighted by molar-refractivity contribution is 9.10. The van der Waals surface area contributed by atoms with Crippen LogP contribution in [0.3, 0.4) is 0 Å². The van der Waals surface area contributed by atoms with Crippen LogP contribution in [0, 0.1) is 5.92 Å². The molecule has 5 nitrogen and oxygen atoms in total. The Balaban J connectivity index is 2.96.